The molecule has 2 aromatic carbocycles. The predicted molar refractivity (Wildman–Crippen MR) is 103 cm³/mol. The summed E-state index contributed by atoms with van der Waals surface area (Å²) in [6.07, 6.45) is 4.32. The lowest BCUT2D eigenvalue weighted by atomic mass is 9.89. The Balaban J connectivity index is 2.27. The Morgan fingerprint density at radius 2 is 1.80 bits per heavy atom. The van der Waals surface area contributed by atoms with E-state index < -0.39 is 6.04 Å². The molecule has 2 nitrogen and oxygen atoms in total. The van der Waals surface area contributed by atoms with Crippen LogP contribution in [-0.4, -0.2) is 0 Å². The number of anilines is 1. The molecule has 5 heteroatoms. The van der Waals surface area contributed by atoms with Crippen molar-refractivity contribution in [2.45, 2.75) is 56.4 Å². The van der Waals surface area contributed by atoms with Crippen molar-refractivity contribution in [3.05, 3.63) is 58.9 Å². The molecule has 2 unspecified atom stereocenters. The second kappa shape index (κ2) is 9.20. The largest absolute Gasteiger partial charge is 0.398 e. The van der Waals surface area contributed by atoms with Crippen molar-refractivity contribution in [2.75, 3.05) is 5.73 Å². The molecule has 0 aliphatic carbocycles. The van der Waals surface area contributed by atoms with Crippen LogP contribution in [0.2, 0.25) is 0 Å². The van der Waals surface area contributed by atoms with Crippen LogP contribution >= 0.6 is 12.1 Å². The summed E-state index contributed by atoms with van der Waals surface area (Å²) in [4.78, 5) is 0.408. The van der Waals surface area contributed by atoms with Crippen LogP contribution in [0.15, 0.2) is 41.3 Å². The van der Waals surface area contributed by atoms with E-state index in [9.17, 15) is 8.28 Å². The van der Waals surface area contributed by atoms with Gasteiger partial charge in [0.1, 0.15) is 5.82 Å². The van der Waals surface area contributed by atoms with Crippen LogP contribution < -0.4 is 11.5 Å². The van der Waals surface area contributed by atoms with Gasteiger partial charge in [-0.25, -0.2) is 4.39 Å². The zero-order valence-corrected chi connectivity index (χ0v) is 15.6. The van der Waals surface area contributed by atoms with Crippen LogP contribution in [0.25, 0.3) is 0 Å². The van der Waals surface area contributed by atoms with Gasteiger partial charge in [-0.05, 0) is 48.1 Å². The van der Waals surface area contributed by atoms with E-state index in [0.29, 0.717) is 27.6 Å². The van der Waals surface area contributed by atoms with Gasteiger partial charge in [-0.3, -0.25) is 0 Å². The van der Waals surface area contributed by atoms with Gasteiger partial charge in [-0.1, -0.05) is 44.9 Å². The van der Waals surface area contributed by atoms with Gasteiger partial charge in [0.05, 0.1) is 18.2 Å². The van der Waals surface area contributed by atoms with E-state index in [0.717, 1.165) is 31.2 Å². The zero-order valence-electron chi connectivity index (χ0n) is 14.8. The fourth-order valence-corrected chi connectivity index (χ4v) is 3.45. The van der Waals surface area contributed by atoms with Crippen LogP contribution in [0.3, 0.4) is 0 Å². The molecule has 25 heavy (non-hydrogen) atoms. The Hall–Kier alpha value is -1.59. The molecule has 0 aliphatic heterocycles. The molecule has 0 saturated carbocycles. The first-order valence-electron chi connectivity index (χ1n) is 8.74. The summed E-state index contributed by atoms with van der Waals surface area (Å²) < 4.78 is 27.3. The van der Waals surface area contributed by atoms with Crippen LogP contribution in [0.4, 0.5) is 14.0 Å². The van der Waals surface area contributed by atoms with Gasteiger partial charge >= 0.3 is 0 Å². The van der Waals surface area contributed by atoms with Crippen molar-refractivity contribution in [2.24, 2.45) is 5.73 Å². The first-order chi connectivity index (χ1) is 12.0. The third-order valence-corrected chi connectivity index (χ3v) is 5.14. The molecule has 136 valence electrons. The van der Waals surface area contributed by atoms with Gasteiger partial charge in [0.2, 0.25) is 0 Å². The van der Waals surface area contributed by atoms with Gasteiger partial charge in [-0.15, -0.1) is 0 Å². The number of unbranched alkanes of at least 4 members (excludes halogenated alkanes) is 1. The van der Waals surface area contributed by atoms with E-state index in [2.05, 4.69) is 13.8 Å². The standard InChI is InChI=1S/C20H26F2N2S/c1-3-5-6-13(4-2)14-7-9-16(18(21)11-14)20(24)17-10-8-15(25-22)12-19(17)23/h7-13,20H,3-6,23-24H2,1-2H3. The highest BCUT2D eigenvalue weighted by Crippen LogP contribution is 2.32. The highest BCUT2D eigenvalue weighted by molar-refractivity contribution is 7.94. The normalized spacial score (nSPS) is 13.6. The van der Waals surface area contributed by atoms with Crippen LogP contribution in [0.1, 0.15) is 68.2 Å². The van der Waals surface area contributed by atoms with E-state index >= 15 is 0 Å². The fourth-order valence-electron chi connectivity index (χ4n) is 3.16. The van der Waals surface area contributed by atoms with Gasteiger partial charge < -0.3 is 11.5 Å². The molecule has 0 bridgehead atoms. The van der Waals surface area contributed by atoms with Crippen LogP contribution in [-0.2, 0) is 0 Å². The smallest absolute Gasteiger partial charge is 0.128 e. The minimum atomic E-state index is -0.677. The number of rotatable bonds is 8. The van der Waals surface area contributed by atoms with Crippen LogP contribution in [0, 0.1) is 5.82 Å². The summed E-state index contributed by atoms with van der Waals surface area (Å²) in [6.45, 7) is 4.29. The van der Waals surface area contributed by atoms with Crippen molar-refractivity contribution in [1.29, 1.82) is 0 Å². The average Bonchev–Trinajstić information content (AvgIpc) is 2.61. The lowest BCUT2D eigenvalue weighted by Gasteiger charge is -2.19. The molecule has 0 radical (unpaired) electrons. The van der Waals surface area contributed by atoms with Crippen molar-refractivity contribution < 1.29 is 8.28 Å². The molecule has 4 N–H and O–H groups in total. The summed E-state index contributed by atoms with van der Waals surface area (Å²) >= 11 is 0.121. The van der Waals surface area contributed by atoms with Crippen molar-refractivity contribution >= 4 is 17.8 Å². The maximum Gasteiger partial charge on any atom is 0.128 e. The minimum Gasteiger partial charge on any atom is -0.398 e. The van der Waals surface area contributed by atoms with Gasteiger partial charge in [0.15, 0.2) is 0 Å². The fraction of sp³-hybridized carbons (Fsp3) is 0.400. The number of nitrogen functional groups attached to an aromatic ring is 1. The quantitative estimate of drug-likeness (QED) is 0.555. The maximum atomic E-state index is 14.7. The number of hydrogen-bond donors (Lipinski definition) is 2. The third-order valence-electron chi connectivity index (χ3n) is 4.71. The molecule has 0 amide bonds. The lowest BCUT2D eigenvalue weighted by molar-refractivity contribution is 0.556. The van der Waals surface area contributed by atoms with Gasteiger partial charge in [0.25, 0.3) is 0 Å². The van der Waals surface area contributed by atoms with Gasteiger partial charge in [-0.2, -0.15) is 3.89 Å². The molecule has 2 atom stereocenters. The van der Waals surface area contributed by atoms with Crippen LogP contribution in [0.5, 0.6) is 0 Å². The summed E-state index contributed by atoms with van der Waals surface area (Å²) in [7, 11) is 0. The molecule has 0 heterocycles. The number of halogens is 2. The zero-order chi connectivity index (χ0) is 18.4. The van der Waals surface area contributed by atoms with E-state index in [1.807, 2.05) is 6.07 Å². The van der Waals surface area contributed by atoms with E-state index in [-0.39, 0.29) is 18.0 Å². The van der Waals surface area contributed by atoms with E-state index in [1.165, 1.54) is 6.07 Å². The number of benzene rings is 2. The molecular formula is C20H26F2N2S. The summed E-state index contributed by atoms with van der Waals surface area (Å²) in [5.74, 6) is 0.0500. The highest BCUT2D eigenvalue weighted by atomic mass is 32.2. The Morgan fingerprint density at radius 1 is 1.08 bits per heavy atom. The van der Waals surface area contributed by atoms with E-state index in [4.69, 9.17) is 11.5 Å². The summed E-state index contributed by atoms with van der Waals surface area (Å²) in [5, 5.41) is 0. The predicted octanol–water partition coefficient (Wildman–Crippen LogP) is 6.12. The second-order valence-corrected chi connectivity index (χ2v) is 7.00. The Bertz CT molecular complexity index is 706. The van der Waals surface area contributed by atoms with Crippen molar-refractivity contribution in [1.82, 2.24) is 0 Å². The first kappa shape index (κ1) is 19.7. The second-order valence-electron chi connectivity index (χ2n) is 6.37. The molecular weight excluding hydrogens is 338 g/mol. The summed E-state index contributed by atoms with van der Waals surface area (Å²) in [5.41, 5.74) is 14.6. The summed E-state index contributed by atoms with van der Waals surface area (Å²) in [6, 6.07) is 9.41. The highest BCUT2D eigenvalue weighted by Gasteiger charge is 2.18. The number of hydrogen-bond acceptors (Lipinski definition) is 3. The maximum absolute atomic E-state index is 14.7. The average molecular weight is 365 g/mol. The van der Waals surface area contributed by atoms with Crippen molar-refractivity contribution in [3.8, 4) is 0 Å². The Labute approximate surface area is 153 Å². The number of nitrogens with two attached hydrogens (primary N) is 2. The van der Waals surface area contributed by atoms with E-state index in [1.54, 1.807) is 24.3 Å². The molecule has 2 aromatic rings. The van der Waals surface area contributed by atoms with Crippen molar-refractivity contribution in [3.63, 3.8) is 0 Å². The first-order valence-corrected chi connectivity index (χ1v) is 9.46. The van der Waals surface area contributed by atoms with Gasteiger partial charge in [0, 0.05) is 16.1 Å². The monoisotopic (exact) mass is 364 g/mol. The molecule has 2 rings (SSSR count). The lowest BCUT2D eigenvalue weighted by Crippen LogP contribution is -2.16. The molecule has 0 aromatic heterocycles. The molecule has 0 spiro atoms. The molecule has 0 aliphatic rings. The topological polar surface area (TPSA) is 52.0 Å². The Morgan fingerprint density at radius 3 is 2.36 bits per heavy atom. The third kappa shape index (κ3) is 4.73. The molecule has 0 saturated heterocycles. The SMILES string of the molecule is CCCCC(CC)c1ccc(C(N)c2ccc(SF)cc2N)c(F)c1. The molecule has 0 fully saturated rings. The minimum absolute atomic E-state index is 0.121. The Kier molecular flexibility index (Phi) is 7.26.